The van der Waals surface area contributed by atoms with E-state index in [-0.39, 0.29) is 30.5 Å². The van der Waals surface area contributed by atoms with Crippen LogP contribution in [0.2, 0.25) is 0 Å². The highest BCUT2D eigenvalue weighted by Crippen LogP contribution is 2.23. The van der Waals surface area contributed by atoms with Gasteiger partial charge in [-0.05, 0) is 32.1 Å². The minimum Gasteiger partial charge on any atom is -0.396 e. The van der Waals surface area contributed by atoms with Crippen LogP contribution in [0.4, 0.5) is 0 Å². The molecule has 5 nitrogen and oxygen atoms in total. The molecular weight excluding hydrogens is 220 g/mol. The Balaban J connectivity index is 1.91. The van der Waals surface area contributed by atoms with Crippen LogP contribution < -0.4 is 5.32 Å². The minimum absolute atomic E-state index is 0.0190. The summed E-state index contributed by atoms with van der Waals surface area (Å²) in [6, 6.07) is -0.0515. The molecule has 2 saturated heterocycles. The van der Waals surface area contributed by atoms with Gasteiger partial charge in [0.25, 0.3) is 0 Å². The van der Waals surface area contributed by atoms with Crippen LogP contribution in [0.15, 0.2) is 0 Å². The van der Waals surface area contributed by atoms with Crippen molar-refractivity contribution in [2.45, 2.75) is 50.6 Å². The summed E-state index contributed by atoms with van der Waals surface area (Å²) < 4.78 is 0. The van der Waals surface area contributed by atoms with E-state index in [4.69, 9.17) is 5.11 Å². The summed E-state index contributed by atoms with van der Waals surface area (Å²) in [6.07, 6.45) is 4.75. The summed E-state index contributed by atoms with van der Waals surface area (Å²) in [6.45, 7) is 0.972. The summed E-state index contributed by atoms with van der Waals surface area (Å²) in [5, 5.41) is 11.6. The SMILES string of the molecule is O=C1CCC(C(=O)N2CCCC2CCCO)N1. The molecule has 0 aromatic rings. The molecule has 0 saturated carbocycles. The van der Waals surface area contributed by atoms with E-state index in [1.54, 1.807) is 0 Å². The molecule has 2 aliphatic rings. The first-order chi connectivity index (χ1) is 8.22. The van der Waals surface area contributed by atoms with E-state index in [1.165, 1.54) is 0 Å². The van der Waals surface area contributed by atoms with Gasteiger partial charge in [-0.3, -0.25) is 9.59 Å². The first-order valence-electron chi connectivity index (χ1n) is 6.43. The predicted octanol–water partition coefficient (Wildman–Crippen LogP) is 0.0285. The Hall–Kier alpha value is -1.10. The molecule has 0 aromatic carbocycles. The first kappa shape index (κ1) is 12.4. The van der Waals surface area contributed by atoms with Crippen LogP contribution in [0.3, 0.4) is 0 Å². The molecule has 2 aliphatic heterocycles. The lowest BCUT2D eigenvalue weighted by Crippen LogP contribution is -2.46. The second kappa shape index (κ2) is 5.49. The van der Waals surface area contributed by atoms with Crippen molar-refractivity contribution in [3.05, 3.63) is 0 Å². The molecule has 2 N–H and O–H groups in total. The number of carbonyl (C=O) groups is 2. The lowest BCUT2D eigenvalue weighted by atomic mass is 10.1. The van der Waals surface area contributed by atoms with Crippen LogP contribution in [-0.4, -0.2) is 47.1 Å². The largest absolute Gasteiger partial charge is 0.396 e. The standard InChI is InChI=1S/C12H20N2O3/c15-8-2-4-9-3-1-7-14(9)12(17)10-5-6-11(16)13-10/h9-10,15H,1-8H2,(H,13,16). The highest BCUT2D eigenvalue weighted by Gasteiger charge is 2.35. The fourth-order valence-electron chi connectivity index (χ4n) is 2.75. The lowest BCUT2D eigenvalue weighted by Gasteiger charge is -2.27. The van der Waals surface area contributed by atoms with Gasteiger partial charge in [0.1, 0.15) is 6.04 Å². The molecule has 0 aromatic heterocycles. The highest BCUT2D eigenvalue weighted by molar-refractivity contribution is 5.91. The topological polar surface area (TPSA) is 69.6 Å². The van der Waals surface area contributed by atoms with Crippen LogP contribution in [0.5, 0.6) is 0 Å². The van der Waals surface area contributed by atoms with Gasteiger partial charge in [-0.1, -0.05) is 0 Å². The van der Waals surface area contributed by atoms with Gasteiger partial charge in [-0.2, -0.15) is 0 Å². The second-order valence-electron chi connectivity index (χ2n) is 4.85. The Morgan fingerprint density at radius 1 is 1.47 bits per heavy atom. The highest BCUT2D eigenvalue weighted by atomic mass is 16.3. The molecule has 5 heteroatoms. The van der Waals surface area contributed by atoms with Gasteiger partial charge in [0.2, 0.25) is 11.8 Å². The van der Waals surface area contributed by atoms with Crippen molar-refractivity contribution in [1.82, 2.24) is 10.2 Å². The summed E-state index contributed by atoms with van der Waals surface area (Å²) in [5.41, 5.74) is 0. The van der Waals surface area contributed by atoms with Crippen LogP contribution >= 0.6 is 0 Å². The molecule has 0 bridgehead atoms. The Labute approximate surface area is 101 Å². The number of aliphatic hydroxyl groups is 1. The predicted molar refractivity (Wildman–Crippen MR) is 62.2 cm³/mol. The second-order valence-corrected chi connectivity index (χ2v) is 4.85. The molecule has 0 spiro atoms. The van der Waals surface area contributed by atoms with Crippen molar-refractivity contribution >= 4 is 11.8 Å². The molecule has 2 fully saturated rings. The third-order valence-corrected chi connectivity index (χ3v) is 3.65. The van der Waals surface area contributed by atoms with E-state index in [2.05, 4.69) is 5.32 Å². The van der Waals surface area contributed by atoms with E-state index >= 15 is 0 Å². The van der Waals surface area contributed by atoms with Crippen molar-refractivity contribution < 1.29 is 14.7 Å². The van der Waals surface area contributed by atoms with E-state index in [9.17, 15) is 9.59 Å². The Morgan fingerprint density at radius 3 is 2.94 bits per heavy atom. The van der Waals surface area contributed by atoms with Gasteiger partial charge in [0.15, 0.2) is 0 Å². The van der Waals surface area contributed by atoms with E-state index in [1.807, 2.05) is 4.90 Å². The third-order valence-electron chi connectivity index (χ3n) is 3.65. The van der Waals surface area contributed by atoms with Crippen LogP contribution in [-0.2, 0) is 9.59 Å². The summed E-state index contributed by atoms with van der Waals surface area (Å²) in [4.78, 5) is 25.2. The Morgan fingerprint density at radius 2 is 2.29 bits per heavy atom. The zero-order valence-corrected chi connectivity index (χ0v) is 10.0. The average Bonchev–Trinajstić information content (AvgIpc) is 2.94. The molecule has 17 heavy (non-hydrogen) atoms. The van der Waals surface area contributed by atoms with Crippen LogP contribution in [0, 0.1) is 0 Å². The number of hydrogen-bond acceptors (Lipinski definition) is 3. The lowest BCUT2D eigenvalue weighted by molar-refractivity contribution is -0.135. The van der Waals surface area contributed by atoms with Gasteiger partial charge in [0, 0.05) is 25.6 Å². The molecule has 2 atom stereocenters. The molecule has 2 unspecified atom stereocenters. The van der Waals surface area contributed by atoms with Gasteiger partial charge >= 0.3 is 0 Å². The van der Waals surface area contributed by atoms with Crippen molar-refractivity contribution in [3.8, 4) is 0 Å². The summed E-state index contributed by atoms with van der Waals surface area (Å²) in [5.74, 6) is 0.0470. The van der Waals surface area contributed by atoms with Crippen molar-refractivity contribution in [2.75, 3.05) is 13.2 Å². The van der Waals surface area contributed by atoms with Crippen LogP contribution in [0.25, 0.3) is 0 Å². The van der Waals surface area contributed by atoms with E-state index in [0.29, 0.717) is 12.8 Å². The molecule has 0 aliphatic carbocycles. The number of rotatable bonds is 4. The normalized spacial score (nSPS) is 28.5. The quantitative estimate of drug-likeness (QED) is 0.728. The maximum Gasteiger partial charge on any atom is 0.245 e. The van der Waals surface area contributed by atoms with Gasteiger partial charge in [-0.15, -0.1) is 0 Å². The Kier molecular flexibility index (Phi) is 3.99. The first-order valence-corrected chi connectivity index (χ1v) is 6.43. The zero-order valence-electron chi connectivity index (χ0n) is 10.0. The average molecular weight is 240 g/mol. The zero-order chi connectivity index (χ0) is 12.3. The smallest absolute Gasteiger partial charge is 0.245 e. The van der Waals surface area contributed by atoms with Crippen molar-refractivity contribution in [1.29, 1.82) is 0 Å². The fraction of sp³-hybridized carbons (Fsp3) is 0.833. The fourth-order valence-corrected chi connectivity index (χ4v) is 2.75. The number of nitrogens with zero attached hydrogens (tertiary/aromatic N) is 1. The Bertz CT molecular complexity index is 306. The van der Waals surface area contributed by atoms with E-state index < -0.39 is 0 Å². The van der Waals surface area contributed by atoms with Crippen molar-refractivity contribution in [2.24, 2.45) is 0 Å². The number of hydrogen-bond donors (Lipinski definition) is 2. The van der Waals surface area contributed by atoms with Crippen molar-refractivity contribution in [3.63, 3.8) is 0 Å². The van der Waals surface area contributed by atoms with E-state index in [0.717, 1.165) is 32.2 Å². The van der Waals surface area contributed by atoms with Gasteiger partial charge in [0.05, 0.1) is 0 Å². The number of carbonyl (C=O) groups excluding carboxylic acids is 2. The molecule has 2 rings (SSSR count). The maximum atomic E-state index is 12.2. The van der Waals surface area contributed by atoms with Gasteiger partial charge in [-0.25, -0.2) is 0 Å². The van der Waals surface area contributed by atoms with Crippen LogP contribution in [0.1, 0.15) is 38.5 Å². The number of aliphatic hydroxyl groups excluding tert-OH is 1. The third kappa shape index (κ3) is 2.77. The molecule has 2 heterocycles. The molecule has 2 amide bonds. The molecule has 96 valence electrons. The molecule has 0 radical (unpaired) electrons. The summed E-state index contributed by atoms with van der Waals surface area (Å²) in [7, 11) is 0. The number of amides is 2. The monoisotopic (exact) mass is 240 g/mol. The summed E-state index contributed by atoms with van der Waals surface area (Å²) >= 11 is 0. The minimum atomic E-state index is -0.308. The maximum absolute atomic E-state index is 12.2. The number of likely N-dealkylation sites (tertiary alicyclic amines) is 1. The molecular formula is C12H20N2O3. The van der Waals surface area contributed by atoms with Gasteiger partial charge < -0.3 is 15.3 Å². The number of nitrogens with one attached hydrogen (secondary N) is 1.